The lowest BCUT2D eigenvalue weighted by Gasteiger charge is -2.08. The highest BCUT2D eigenvalue weighted by Gasteiger charge is 2.15. The number of benzene rings is 2. The molecule has 1 aromatic heterocycles. The largest absolute Gasteiger partial charge is 0.297 e. The fourth-order valence-corrected chi connectivity index (χ4v) is 2.90. The van der Waals surface area contributed by atoms with Crippen molar-refractivity contribution in [1.82, 2.24) is 9.97 Å². The van der Waals surface area contributed by atoms with Gasteiger partial charge in [-0.05, 0) is 30.3 Å². The van der Waals surface area contributed by atoms with Crippen molar-refractivity contribution in [3.63, 3.8) is 0 Å². The number of halogens is 3. The molecule has 0 atom stereocenters. The lowest BCUT2D eigenvalue weighted by molar-refractivity contribution is 0.140. The van der Waals surface area contributed by atoms with Gasteiger partial charge in [-0.25, -0.2) is 18.7 Å². The van der Waals surface area contributed by atoms with Crippen LogP contribution in [-0.2, 0) is 0 Å². The molecule has 0 saturated carbocycles. The van der Waals surface area contributed by atoms with Crippen LogP contribution in [0.25, 0.3) is 10.9 Å². The van der Waals surface area contributed by atoms with Gasteiger partial charge >= 0.3 is 0 Å². The van der Waals surface area contributed by atoms with E-state index in [2.05, 4.69) is 9.97 Å². The Morgan fingerprint density at radius 1 is 0.952 bits per heavy atom. The van der Waals surface area contributed by atoms with Crippen molar-refractivity contribution in [3.05, 3.63) is 59.4 Å². The lowest BCUT2D eigenvalue weighted by atomic mass is 10.2. The first-order valence-electron chi connectivity index (χ1n) is 6.12. The second kappa shape index (κ2) is 5.95. The summed E-state index contributed by atoms with van der Waals surface area (Å²) in [4.78, 5) is 8.76. The van der Waals surface area contributed by atoms with Crippen molar-refractivity contribution < 1.29 is 8.78 Å². The van der Waals surface area contributed by atoms with Crippen molar-refractivity contribution >= 4 is 34.3 Å². The van der Waals surface area contributed by atoms with Crippen LogP contribution in [0, 0.1) is 0 Å². The van der Waals surface area contributed by atoms with E-state index in [0.29, 0.717) is 15.6 Å². The monoisotopic (exact) mass is 322 g/mol. The highest BCUT2D eigenvalue weighted by molar-refractivity contribution is 7.99. The number of nitrogens with zero attached hydrogens (tertiary/aromatic N) is 2. The Labute approximate surface area is 129 Å². The van der Waals surface area contributed by atoms with Gasteiger partial charge < -0.3 is 0 Å². The minimum atomic E-state index is -2.70. The van der Waals surface area contributed by atoms with E-state index >= 15 is 0 Å². The van der Waals surface area contributed by atoms with E-state index in [9.17, 15) is 8.78 Å². The quantitative estimate of drug-likeness (QED) is 0.606. The summed E-state index contributed by atoms with van der Waals surface area (Å²) in [6, 6.07) is 14.3. The first-order valence-corrected chi connectivity index (χ1v) is 7.31. The van der Waals surface area contributed by atoms with Crippen molar-refractivity contribution in [3.8, 4) is 0 Å². The molecule has 0 N–H and O–H groups in total. The average molecular weight is 323 g/mol. The zero-order chi connectivity index (χ0) is 14.8. The van der Waals surface area contributed by atoms with Crippen LogP contribution in [0.3, 0.4) is 0 Å². The zero-order valence-electron chi connectivity index (χ0n) is 10.6. The smallest absolute Gasteiger partial charge is 0.227 e. The van der Waals surface area contributed by atoms with Gasteiger partial charge in [0.1, 0.15) is 5.03 Å². The second-order valence-corrected chi connectivity index (χ2v) is 5.76. The molecule has 3 rings (SSSR count). The lowest BCUT2D eigenvalue weighted by Crippen LogP contribution is -1.98. The summed E-state index contributed by atoms with van der Waals surface area (Å²) in [5.74, 6) is -0.454. The minimum absolute atomic E-state index is 0.454. The van der Waals surface area contributed by atoms with E-state index in [1.54, 1.807) is 24.3 Å². The third-order valence-corrected chi connectivity index (χ3v) is 4.07. The molecule has 6 heteroatoms. The Balaban J connectivity index is 2.09. The van der Waals surface area contributed by atoms with E-state index in [0.717, 1.165) is 10.3 Å². The summed E-state index contributed by atoms with van der Waals surface area (Å²) in [6.45, 7) is 0. The van der Waals surface area contributed by atoms with Gasteiger partial charge in [-0.15, -0.1) is 0 Å². The number of alkyl halides is 2. The van der Waals surface area contributed by atoms with Gasteiger partial charge in [0.05, 0.1) is 5.52 Å². The predicted molar refractivity (Wildman–Crippen MR) is 80.1 cm³/mol. The number of aromatic nitrogens is 2. The molecule has 0 aliphatic rings. The predicted octanol–water partition coefficient (Wildman–Crippen LogP) is 5.37. The van der Waals surface area contributed by atoms with Crippen LogP contribution < -0.4 is 0 Å². The maximum Gasteiger partial charge on any atom is 0.297 e. The maximum absolute atomic E-state index is 12.9. The summed E-state index contributed by atoms with van der Waals surface area (Å²) in [7, 11) is 0. The van der Waals surface area contributed by atoms with Gasteiger partial charge in [-0.2, -0.15) is 0 Å². The molecule has 0 unspecified atom stereocenters. The molecule has 2 aromatic carbocycles. The van der Waals surface area contributed by atoms with Crippen LogP contribution in [0.4, 0.5) is 8.78 Å². The Hall–Kier alpha value is -1.72. The summed E-state index contributed by atoms with van der Waals surface area (Å²) in [5, 5.41) is 1.89. The first kappa shape index (κ1) is 14.2. The molecule has 0 saturated heterocycles. The Morgan fingerprint density at radius 2 is 1.67 bits per heavy atom. The Kier molecular flexibility index (Phi) is 4.03. The molecule has 0 aliphatic carbocycles. The summed E-state index contributed by atoms with van der Waals surface area (Å²) < 4.78 is 25.8. The molecule has 21 heavy (non-hydrogen) atoms. The van der Waals surface area contributed by atoms with E-state index in [1.165, 1.54) is 11.8 Å². The van der Waals surface area contributed by atoms with Gasteiger partial charge in [-0.3, -0.25) is 0 Å². The number of fused-ring (bicyclic) bond motifs is 1. The van der Waals surface area contributed by atoms with E-state index < -0.39 is 12.2 Å². The van der Waals surface area contributed by atoms with Gasteiger partial charge in [0, 0.05) is 15.3 Å². The van der Waals surface area contributed by atoms with E-state index in [4.69, 9.17) is 11.6 Å². The zero-order valence-corrected chi connectivity index (χ0v) is 12.2. The fraction of sp³-hybridized carbons (Fsp3) is 0.0667. The highest BCUT2D eigenvalue weighted by atomic mass is 35.5. The van der Waals surface area contributed by atoms with Crippen LogP contribution in [0.5, 0.6) is 0 Å². The molecule has 1 heterocycles. The van der Waals surface area contributed by atoms with Gasteiger partial charge in [0.25, 0.3) is 6.43 Å². The Morgan fingerprint density at radius 3 is 2.38 bits per heavy atom. The minimum Gasteiger partial charge on any atom is -0.227 e. The molecule has 2 nitrogen and oxygen atoms in total. The topological polar surface area (TPSA) is 25.8 Å². The summed E-state index contributed by atoms with van der Waals surface area (Å²) in [6.07, 6.45) is -2.70. The number of para-hydroxylation sites is 1. The molecule has 106 valence electrons. The standard InChI is InChI=1S/C15H9ClF2N2S/c16-9-5-7-10(8-6-9)21-15-11-3-1-2-4-12(11)19-14(20-15)13(17)18/h1-8,13H. The highest BCUT2D eigenvalue weighted by Crippen LogP contribution is 2.33. The van der Waals surface area contributed by atoms with Gasteiger partial charge in [0.2, 0.25) is 0 Å². The molecule has 0 radical (unpaired) electrons. The SMILES string of the molecule is FC(F)c1nc(Sc2ccc(Cl)cc2)c2ccccc2n1. The van der Waals surface area contributed by atoms with Gasteiger partial charge in [-0.1, -0.05) is 41.6 Å². The van der Waals surface area contributed by atoms with Crippen LogP contribution in [0.15, 0.2) is 58.5 Å². The van der Waals surface area contributed by atoms with Crippen molar-refractivity contribution in [2.24, 2.45) is 0 Å². The molecular weight excluding hydrogens is 314 g/mol. The number of rotatable bonds is 3. The number of hydrogen-bond acceptors (Lipinski definition) is 3. The van der Waals surface area contributed by atoms with Crippen LogP contribution >= 0.6 is 23.4 Å². The van der Waals surface area contributed by atoms with Crippen molar-refractivity contribution in [2.45, 2.75) is 16.3 Å². The molecular formula is C15H9ClF2N2S. The maximum atomic E-state index is 12.9. The molecule has 0 fully saturated rings. The Bertz CT molecular complexity index is 778. The van der Waals surface area contributed by atoms with E-state index in [-0.39, 0.29) is 0 Å². The molecule has 0 spiro atoms. The third kappa shape index (κ3) is 3.14. The number of hydrogen-bond donors (Lipinski definition) is 0. The summed E-state index contributed by atoms with van der Waals surface area (Å²) >= 11 is 7.16. The molecule has 3 aromatic rings. The second-order valence-electron chi connectivity index (χ2n) is 4.26. The molecule has 0 aliphatic heterocycles. The fourth-order valence-electron chi connectivity index (χ4n) is 1.85. The average Bonchev–Trinajstić information content (AvgIpc) is 2.49. The van der Waals surface area contributed by atoms with Crippen LogP contribution in [0.1, 0.15) is 12.2 Å². The van der Waals surface area contributed by atoms with Crippen molar-refractivity contribution in [1.29, 1.82) is 0 Å². The van der Waals surface area contributed by atoms with Crippen LogP contribution in [0.2, 0.25) is 5.02 Å². The van der Waals surface area contributed by atoms with E-state index in [1.807, 2.05) is 24.3 Å². The van der Waals surface area contributed by atoms with Gasteiger partial charge in [0.15, 0.2) is 5.82 Å². The van der Waals surface area contributed by atoms with Crippen molar-refractivity contribution in [2.75, 3.05) is 0 Å². The summed E-state index contributed by atoms with van der Waals surface area (Å²) in [5.41, 5.74) is 0.513. The molecule has 0 bridgehead atoms. The third-order valence-electron chi connectivity index (χ3n) is 2.81. The normalized spacial score (nSPS) is 11.2. The first-order chi connectivity index (χ1) is 10.1. The van der Waals surface area contributed by atoms with Crippen LogP contribution in [-0.4, -0.2) is 9.97 Å². The molecule has 0 amide bonds.